The summed E-state index contributed by atoms with van der Waals surface area (Å²) in [5.74, 6) is 1.97. The quantitative estimate of drug-likeness (QED) is 0.653. The van der Waals surface area contributed by atoms with Crippen molar-refractivity contribution in [2.24, 2.45) is 4.99 Å². The number of likely N-dealkylation sites (N-methyl/N-ethyl adjacent to an activating group) is 1. The van der Waals surface area contributed by atoms with Crippen molar-refractivity contribution in [1.29, 1.82) is 0 Å². The van der Waals surface area contributed by atoms with Gasteiger partial charge in [0, 0.05) is 37.3 Å². The average molecular weight is 471 g/mol. The number of aliphatic imine (C=N–C) groups is 1. The molecular weight excluding hydrogens is 440 g/mol. The number of hydrogen-bond donors (Lipinski definition) is 0. The highest BCUT2D eigenvalue weighted by atomic mass is 35.5. The first-order chi connectivity index (χ1) is 15.9. The zero-order chi connectivity index (χ0) is 23.5. The molecule has 0 bridgehead atoms. The van der Waals surface area contributed by atoms with E-state index >= 15 is 0 Å². The van der Waals surface area contributed by atoms with Gasteiger partial charge < -0.3 is 19.3 Å². The van der Waals surface area contributed by atoms with Crippen molar-refractivity contribution >= 4 is 23.5 Å². The van der Waals surface area contributed by atoms with Gasteiger partial charge in [0.15, 0.2) is 0 Å². The minimum Gasteiger partial charge on any atom is -0.497 e. The summed E-state index contributed by atoms with van der Waals surface area (Å²) in [6.07, 6.45) is 0. The Hall–Kier alpha value is -2.77. The van der Waals surface area contributed by atoms with E-state index in [1.165, 1.54) is 0 Å². The van der Waals surface area contributed by atoms with E-state index in [0.29, 0.717) is 42.1 Å². The van der Waals surface area contributed by atoms with Crippen molar-refractivity contribution in [3.8, 4) is 11.5 Å². The molecule has 1 fully saturated rings. The van der Waals surface area contributed by atoms with Crippen LogP contribution in [0.4, 0.5) is 4.79 Å². The van der Waals surface area contributed by atoms with E-state index in [0.717, 1.165) is 24.2 Å². The van der Waals surface area contributed by atoms with Gasteiger partial charge in [0.25, 0.3) is 0 Å². The topological polar surface area (TPSA) is 57.6 Å². The van der Waals surface area contributed by atoms with E-state index in [1.807, 2.05) is 66.1 Å². The van der Waals surface area contributed by atoms with Crippen LogP contribution < -0.4 is 9.47 Å². The number of rotatable bonds is 5. The number of halogens is 1. The lowest BCUT2D eigenvalue weighted by molar-refractivity contribution is 0.130. The molecule has 2 unspecified atom stereocenters. The van der Waals surface area contributed by atoms with Crippen LogP contribution >= 0.6 is 11.6 Å². The molecule has 2 aliphatic rings. The minimum absolute atomic E-state index is 0.0376. The van der Waals surface area contributed by atoms with Crippen molar-refractivity contribution in [3.05, 3.63) is 58.6 Å². The fourth-order valence-electron chi connectivity index (χ4n) is 4.41. The number of methoxy groups -OCH3 is 1. The smallest absolute Gasteiger partial charge is 0.326 e. The predicted octanol–water partition coefficient (Wildman–Crippen LogP) is 4.31. The first-order valence-electron chi connectivity index (χ1n) is 11.3. The van der Waals surface area contributed by atoms with Crippen molar-refractivity contribution in [1.82, 2.24) is 14.7 Å². The van der Waals surface area contributed by atoms with Crippen LogP contribution in [0, 0.1) is 0 Å². The Balaban J connectivity index is 1.77. The van der Waals surface area contributed by atoms with Crippen LogP contribution in [-0.4, -0.2) is 79.6 Å². The van der Waals surface area contributed by atoms with E-state index in [1.54, 1.807) is 7.11 Å². The second kappa shape index (κ2) is 10.0. The summed E-state index contributed by atoms with van der Waals surface area (Å²) >= 11 is 6.15. The Bertz CT molecular complexity index is 1020. The summed E-state index contributed by atoms with van der Waals surface area (Å²) in [5.41, 5.74) is 1.78. The normalized spacial score (nSPS) is 21.2. The zero-order valence-corrected chi connectivity index (χ0v) is 20.4. The lowest BCUT2D eigenvalue weighted by Crippen LogP contribution is -2.53. The molecule has 8 heteroatoms. The number of carbonyl (C=O) groups excluding carboxylic acids is 1. The molecule has 33 heavy (non-hydrogen) atoms. The van der Waals surface area contributed by atoms with Gasteiger partial charge in [-0.05, 0) is 50.7 Å². The van der Waals surface area contributed by atoms with Crippen molar-refractivity contribution in [2.45, 2.75) is 25.9 Å². The van der Waals surface area contributed by atoms with E-state index < -0.39 is 0 Å². The van der Waals surface area contributed by atoms with Gasteiger partial charge in [-0.15, -0.1) is 0 Å². The van der Waals surface area contributed by atoms with Gasteiger partial charge in [-0.2, -0.15) is 0 Å². The largest absolute Gasteiger partial charge is 0.497 e. The van der Waals surface area contributed by atoms with Crippen LogP contribution in [0.25, 0.3) is 0 Å². The van der Waals surface area contributed by atoms with Crippen LogP contribution in [0.3, 0.4) is 0 Å². The van der Waals surface area contributed by atoms with E-state index in [-0.39, 0.29) is 18.1 Å². The molecule has 2 aromatic carbocycles. The summed E-state index contributed by atoms with van der Waals surface area (Å²) in [7, 11) is 3.70. The van der Waals surface area contributed by atoms with Crippen LogP contribution in [0.15, 0.2) is 47.5 Å². The molecule has 0 aromatic heterocycles. The third-order valence-corrected chi connectivity index (χ3v) is 6.46. The first-order valence-corrected chi connectivity index (χ1v) is 11.7. The fraction of sp³-hybridized carbons (Fsp3) is 0.440. The fourth-order valence-corrected chi connectivity index (χ4v) is 4.53. The number of nitrogens with zero attached hydrogens (tertiary/aromatic N) is 4. The molecule has 0 spiro atoms. The maximum atomic E-state index is 13.9. The molecule has 2 amide bonds. The summed E-state index contributed by atoms with van der Waals surface area (Å²) in [4.78, 5) is 24.9. The number of piperazine rings is 1. The molecule has 2 aromatic rings. The molecule has 2 heterocycles. The van der Waals surface area contributed by atoms with Gasteiger partial charge in [0.1, 0.15) is 17.3 Å². The molecule has 7 nitrogen and oxygen atoms in total. The summed E-state index contributed by atoms with van der Waals surface area (Å²) in [5, 5.41) is 0.663. The Kier molecular flexibility index (Phi) is 7.10. The lowest BCUT2D eigenvalue weighted by Gasteiger charge is -2.37. The maximum absolute atomic E-state index is 13.9. The molecular formula is C25H31ClN4O3. The van der Waals surface area contributed by atoms with Crippen molar-refractivity contribution < 1.29 is 14.3 Å². The highest BCUT2D eigenvalue weighted by Crippen LogP contribution is 2.38. The molecule has 2 atom stereocenters. The van der Waals surface area contributed by atoms with Crippen LogP contribution in [0.2, 0.25) is 5.02 Å². The Morgan fingerprint density at radius 2 is 1.82 bits per heavy atom. The number of urea groups is 1. The number of benzene rings is 2. The number of ether oxygens (including phenoxy) is 2. The summed E-state index contributed by atoms with van der Waals surface area (Å²) in [6.45, 7) is 7.53. The third-order valence-electron chi connectivity index (χ3n) is 6.21. The van der Waals surface area contributed by atoms with Gasteiger partial charge in [-0.1, -0.05) is 23.7 Å². The van der Waals surface area contributed by atoms with Gasteiger partial charge in [0.05, 0.1) is 31.4 Å². The van der Waals surface area contributed by atoms with E-state index in [9.17, 15) is 4.79 Å². The van der Waals surface area contributed by atoms with Gasteiger partial charge in [-0.25, -0.2) is 4.79 Å². The second-order valence-electron chi connectivity index (χ2n) is 8.43. The average Bonchev–Trinajstić information content (AvgIpc) is 3.16. The molecule has 2 aliphatic heterocycles. The zero-order valence-electron chi connectivity index (χ0n) is 19.6. The highest BCUT2D eigenvalue weighted by Gasteiger charge is 2.42. The molecule has 4 rings (SSSR count). The van der Waals surface area contributed by atoms with Gasteiger partial charge in [0.2, 0.25) is 0 Å². The van der Waals surface area contributed by atoms with Crippen LogP contribution in [0.1, 0.15) is 31.0 Å². The molecule has 1 saturated heterocycles. The summed E-state index contributed by atoms with van der Waals surface area (Å²) < 4.78 is 11.3. The van der Waals surface area contributed by atoms with E-state index in [4.69, 9.17) is 26.1 Å². The molecule has 0 N–H and O–H groups in total. The second-order valence-corrected chi connectivity index (χ2v) is 8.86. The van der Waals surface area contributed by atoms with Crippen LogP contribution in [0.5, 0.6) is 11.5 Å². The Morgan fingerprint density at radius 1 is 1.12 bits per heavy atom. The molecule has 0 saturated carbocycles. The van der Waals surface area contributed by atoms with E-state index in [2.05, 4.69) is 11.9 Å². The first kappa shape index (κ1) is 23.4. The molecule has 176 valence electrons. The number of amides is 2. The van der Waals surface area contributed by atoms with Crippen LogP contribution in [-0.2, 0) is 0 Å². The molecule has 0 aliphatic carbocycles. The monoisotopic (exact) mass is 470 g/mol. The van der Waals surface area contributed by atoms with Crippen molar-refractivity contribution in [2.75, 3.05) is 46.9 Å². The lowest BCUT2D eigenvalue weighted by atomic mass is 10.00. The third kappa shape index (κ3) is 4.80. The Labute approximate surface area is 200 Å². The predicted molar refractivity (Wildman–Crippen MR) is 131 cm³/mol. The minimum atomic E-state index is -0.235. The maximum Gasteiger partial charge on any atom is 0.326 e. The Morgan fingerprint density at radius 3 is 2.45 bits per heavy atom. The SMILES string of the molecule is CCOc1cc(OC)ccc1C1=NC(C)C(c2ccc(Cl)cc2)N1C(=O)N1CCN(C)CC1. The molecule has 0 radical (unpaired) electrons. The standard InChI is InChI=1S/C25H31ClN4O3/c1-5-33-22-16-20(32-4)10-11-21(22)24-27-17(2)23(18-6-8-19(26)9-7-18)30(24)25(31)29-14-12-28(3)13-15-29/h6-11,16-17,23H,5,12-15H2,1-4H3. The highest BCUT2D eigenvalue weighted by molar-refractivity contribution is 6.30. The van der Waals surface area contributed by atoms with Gasteiger partial charge in [-0.3, -0.25) is 9.89 Å². The van der Waals surface area contributed by atoms with Gasteiger partial charge >= 0.3 is 6.03 Å². The number of amidine groups is 1. The number of hydrogen-bond acceptors (Lipinski definition) is 5. The number of carbonyl (C=O) groups is 1. The van der Waals surface area contributed by atoms with Crippen molar-refractivity contribution in [3.63, 3.8) is 0 Å². The summed E-state index contributed by atoms with van der Waals surface area (Å²) in [6, 6.07) is 12.9.